The van der Waals surface area contributed by atoms with E-state index >= 15 is 0 Å². The molecule has 0 amide bonds. The summed E-state index contributed by atoms with van der Waals surface area (Å²) in [6.45, 7) is 2.02. The van der Waals surface area contributed by atoms with Crippen LogP contribution in [0, 0.1) is 5.92 Å². The minimum atomic E-state index is -4.13. The predicted molar refractivity (Wildman–Crippen MR) is 148 cm³/mol. The van der Waals surface area contributed by atoms with Crippen molar-refractivity contribution >= 4 is 15.7 Å². The molecule has 2 unspecified atom stereocenters. The predicted octanol–water partition coefficient (Wildman–Crippen LogP) is 6.42. The van der Waals surface area contributed by atoms with Crippen LogP contribution in [0.5, 0.6) is 5.75 Å². The Morgan fingerprint density at radius 3 is 2.08 bits per heavy atom. The van der Waals surface area contributed by atoms with Gasteiger partial charge in [-0.1, -0.05) is 85.8 Å². The summed E-state index contributed by atoms with van der Waals surface area (Å²) in [5, 5.41) is 11.7. The van der Waals surface area contributed by atoms with Crippen molar-refractivity contribution in [1.82, 2.24) is 0 Å². The molecule has 0 bridgehead atoms. The lowest BCUT2D eigenvalue weighted by molar-refractivity contribution is 0.379. The number of anilines is 1. The van der Waals surface area contributed by atoms with E-state index in [-0.39, 0.29) is 28.4 Å². The maximum absolute atomic E-state index is 13.3. The van der Waals surface area contributed by atoms with Crippen LogP contribution < -0.4 is 10.3 Å². The van der Waals surface area contributed by atoms with Crippen LogP contribution in [0.3, 0.4) is 0 Å². The van der Waals surface area contributed by atoms with Gasteiger partial charge in [-0.05, 0) is 54.9 Å². The summed E-state index contributed by atoms with van der Waals surface area (Å²) in [6, 6.07) is 27.5. The van der Waals surface area contributed by atoms with Crippen LogP contribution >= 0.6 is 0 Å². The number of nitrogens with one attached hydrogen (secondary N) is 1. The quantitative estimate of drug-likeness (QED) is 0.247. The number of aromatic hydroxyl groups is 1. The van der Waals surface area contributed by atoms with Crippen molar-refractivity contribution in [1.29, 1.82) is 0 Å². The molecule has 7 heteroatoms. The molecule has 1 aromatic heterocycles. The molecule has 3 aromatic carbocycles. The molecule has 2 N–H and O–H groups in total. The van der Waals surface area contributed by atoms with Gasteiger partial charge < -0.3 is 9.52 Å². The Labute approximate surface area is 223 Å². The summed E-state index contributed by atoms with van der Waals surface area (Å²) in [6.07, 6.45) is 3.23. The normalized spacial score (nSPS) is 15.1. The first-order chi connectivity index (χ1) is 18.4. The molecule has 1 aliphatic rings. The molecule has 5 rings (SSSR count). The number of rotatable bonds is 10. The van der Waals surface area contributed by atoms with Crippen molar-refractivity contribution < 1.29 is 17.9 Å². The Kier molecular flexibility index (Phi) is 7.38. The van der Waals surface area contributed by atoms with Crippen molar-refractivity contribution in [3.05, 3.63) is 124 Å². The molecule has 0 spiro atoms. The SMILES string of the molecule is CCC(Cc1ccccc1)c1oc(=O)c(NS(=O)(=O)c2ccccc2)c(O)c1C(c1ccccc1)C1CC1. The largest absolute Gasteiger partial charge is 0.505 e. The molecule has 2 atom stereocenters. The first-order valence-corrected chi connectivity index (χ1v) is 14.4. The van der Waals surface area contributed by atoms with Crippen LogP contribution in [0.4, 0.5) is 5.69 Å². The van der Waals surface area contributed by atoms with Crippen LogP contribution in [0.15, 0.2) is 105 Å². The van der Waals surface area contributed by atoms with E-state index in [0.29, 0.717) is 24.2 Å². The van der Waals surface area contributed by atoms with Gasteiger partial charge in [-0.15, -0.1) is 0 Å². The molecule has 1 fully saturated rings. The van der Waals surface area contributed by atoms with E-state index < -0.39 is 21.3 Å². The number of benzene rings is 3. The van der Waals surface area contributed by atoms with Crippen molar-refractivity contribution in [2.45, 2.75) is 49.3 Å². The fourth-order valence-electron chi connectivity index (χ4n) is 5.13. The second-order valence-corrected chi connectivity index (χ2v) is 11.5. The number of hydrogen-bond acceptors (Lipinski definition) is 5. The Balaban J connectivity index is 1.68. The van der Waals surface area contributed by atoms with Crippen LogP contribution in [0.25, 0.3) is 0 Å². The van der Waals surface area contributed by atoms with Gasteiger partial charge in [-0.25, -0.2) is 13.2 Å². The van der Waals surface area contributed by atoms with Crippen LogP contribution in [0.2, 0.25) is 0 Å². The minimum absolute atomic E-state index is 0.0123. The van der Waals surface area contributed by atoms with Gasteiger partial charge in [0.15, 0.2) is 11.4 Å². The topological polar surface area (TPSA) is 96.6 Å². The summed E-state index contributed by atoms with van der Waals surface area (Å²) >= 11 is 0. The summed E-state index contributed by atoms with van der Waals surface area (Å²) < 4.78 is 34.5. The van der Waals surface area contributed by atoms with Gasteiger partial charge in [0, 0.05) is 17.4 Å². The van der Waals surface area contributed by atoms with E-state index in [9.17, 15) is 18.3 Å². The summed E-state index contributed by atoms with van der Waals surface area (Å²) in [5.74, 6) is -0.107. The molecule has 0 radical (unpaired) electrons. The average Bonchev–Trinajstić information content (AvgIpc) is 3.78. The highest BCUT2D eigenvalue weighted by atomic mass is 32.2. The maximum Gasteiger partial charge on any atom is 0.364 e. The monoisotopic (exact) mass is 529 g/mol. The first kappa shape index (κ1) is 25.8. The van der Waals surface area contributed by atoms with E-state index in [0.717, 1.165) is 24.0 Å². The van der Waals surface area contributed by atoms with Crippen molar-refractivity contribution in [2.24, 2.45) is 5.92 Å². The van der Waals surface area contributed by atoms with Gasteiger partial charge in [0.25, 0.3) is 10.0 Å². The minimum Gasteiger partial charge on any atom is -0.505 e. The van der Waals surface area contributed by atoms with Gasteiger partial charge in [0.1, 0.15) is 5.76 Å². The van der Waals surface area contributed by atoms with E-state index in [1.165, 1.54) is 12.1 Å². The third-order valence-electron chi connectivity index (χ3n) is 7.21. The average molecular weight is 530 g/mol. The molecular formula is C31H31NO5S. The number of hydrogen-bond donors (Lipinski definition) is 2. The molecule has 38 heavy (non-hydrogen) atoms. The van der Waals surface area contributed by atoms with Crippen LogP contribution in [-0.4, -0.2) is 13.5 Å². The zero-order valence-electron chi connectivity index (χ0n) is 21.2. The fourth-order valence-corrected chi connectivity index (χ4v) is 6.21. The van der Waals surface area contributed by atoms with Gasteiger partial charge in [-0.2, -0.15) is 0 Å². The fraction of sp³-hybridized carbons (Fsp3) is 0.258. The zero-order chi connectivity index (χ0) is 26.7. The second-order valence-electron chi connectivity index (χ2n) is 9.83. The zero-order valence-corrected chi connectivity index (χ0v) is 22.0. The molecule has 196 valence electrons. The van der Waals surface area contributed by atoms with Crippen molar-refractivity contribution in [2.75, 3.05) is 4.72 Å². The highest BCUT2D eigenvalue weighted by Crippen LogP contribution is 2.52. The lowest BCUT2D eigenvalue weighted by atomic mass is 9.81. The molecule has 1 aliphatic carbocycles. The Morgan fingerprint density at radius 2 is 1.50 bits per heavy atom. The van der Waals surface area contributed by atoms with E-state index in [1.54, 1.807) is 18.2 Å². The lowest BCUT2D eigenvalue weighted by Gasteiger charge is -2.26. The molecule has 1 saturated carbocycles. The van der Waals surface area contributed by atoms with Gasteiger partial charge in [0.05, 0.1) is 4.90 Å². The van der Waals surface area contributed by atoms with E-state index in [4.69, 9.17) is 4.42 Å². The third kappa shape index (κ3) is 5.38. The van der Waals surface area contributed by atoms with Gasteiger partial charge >= 0.3 is 5.63 Å². The highest BCUT2D eigenvalue weighted by molar-refractivity contribution is 7.92. The standard InChI is InChI=1S/C31H31NO5S/c1-2-22(20-21-12-6-3-7-13-21)30-27(26(24-18-19-24)23-14-8-4-9-15-23)29(33)28(31(34)37-30)32-38(35,36)25-16-10-5-11-17-25/h3-17,22,24,26,32-33H,2,18-20H2,1H3. The molecular weight excluding hydrogens is 498 g/mol. The first-order valence-electron chi connectivity index (χ1n) is 13.0. The Hall–Kier alpha value is -3.84. The molecule has 0 saturated heterocycles. The Bertz CT molecular complexity index is 1550. The van der Waals surface area contributed by atoms with Gasteiger partial charge in [0.2, 0.25) is 0 Å². The molecule has 0 aliphatic heterocycles. The molecule has 1 heterocycles. The third-order valence-corrected chi connectivity index (χ3v) is 8.57. The highest BCUT2D eigenvalue weighted by Gasteiger charge is 2.40. The van der Waals surface area contributed by atoms with E-state index in [2.05, 4.69) is 4.72 Å². The summed E-state index contributed by atoms with van der Waals surface area (Å²) in [4.78, 5) is 13.3. The van der Waals surface area contributed by atoms with Crippen LogP contribution in [0.1, 0.15) is 60.5 Å². The lowest BCUT2D eigenvalue weighted by Crippen LogP contribution is -2.22. The maximum atomic E-state index is 13.3. The van der Waals surface area contributed by atoms with E-state index in [1.807, 2.05) is 67.6 Å². The van der Waals surface area contributed by atoms with Crippen molar-refractivity contribution in [3.8, 4) is 5.75 Å². The van der Waals surface area contributed by atoms with Crippen LogP contribution in [-0.2, 0) is 16.4 Å². The Morgan fingerprint density at radius 1 is 0.921 bits per heavy atom. The van der Waals surface area contributed by atoms with Gasteiger partial charge in [-0.3, -0.25) is 4.72 Å². The molecule has 6 nitrogen and oxygen atoms in total. The van der Waals surface area contributed by atoms with Crippen molar-refractivity contribution in [3.63, 3.8) is 0 Å². The molecule has 4 aromatic rings. The smallest absolute Gasteiger partial charge is 0.364 e. The summed E-state index contributed by atoms with van der Waals surface area (Å²) in [7, 11) is -4.13. The second kappa shape index (κ2) is 10.9. The summed E-state index contributed by atoms with van der Waals surface area (Å²) in [5.41, 5.74) is 1.21. The number of sulfonamides is 1.